The molecule has 0 saturated carbocycles. The maximum atomic E-state index is 12.6. The van der Waals surface area contributed by atoms with E-state index in [1.165, 1.54) is 27.7 Å². The van der Waals surface area contributed by atoms with Gasteiger partial charge in [0.25, 0.3) is 0 Å². The molecule has 2 aliphatic heterocycles. The number of ether oxygens (including phenoxy) is 2. The molecule has 0 amide bonds. The van der Waals surface area contributed by atoms with Crippen molar-refractivity contribution in [3.8, 4) is 0 Å². The van der Waals surface area contributed by atoms with Gasteiger partial charge in [-0.2, -0.15) is 0 Å². The fourth-order valence-electron chi connectivity index (χ4n) is 4.63. The third kappa shape index (κ3) is 4.59. The summed E-state index contributed by atoms with van der Waals surface area (Å²) in [6.45, 7) is 9.98. The van der Waals surface area contributed by atoms with Crippen molar-refractivity contribution in [1.82, 2.24) is 0 Å². The first-order chi connectivity index (χ1) is 13.7. The zero-order chi connectivity index (χ0) is 23.0. The van der Waals surface area contributed by atoms with Crippen LogP contribution >= 0.6 is 0 Å². The van der Waals surface area contributed by atoms with E-state index in [9.17, 15) is 29.4 Å². The fraction of sp³-hybridized carbons (Fsp3) is 0.818. The number of carbonyl (C=O) groups is 4. The van der Waals surface area contributed by atoms with Gasteiger partial charge in [-0.15, -0.1) is 0 Å². The van der Waals surface area contributed by atoms with Crippen LogP contribution in [0.15, 0.2) is 0 Å². The van der Waals surface area contributed by atoms with Gasteiger partial charge in [0.1, 0.15) is 10.8 Å². The highest BCUT2D eigenvalue weighted by Gasteiger charge is 2.50. The lowest BCUT2D eigenvalue weighted by atomic mass is 9.76. The second-order valence-electron chi connectivity index (χ2n) is 9.98. The zero-order valence-corrected chi connectivity index (χ0v) is 18.6. The number of carboxylic acid groups (broad SMARTS) is 2. The normalized spacial score (nSPS) is 28.6. The summed E-state index contributed by atoms with van der Waals surface area (Å²) in [5, 5.41) is 18.6. The quantitative estimate of drug-likeness (QED) is 0.510. The summed E-state index contributed by atoms with van der Waals surface area (Å²) in [7, 11) is 0. The van der Waals surface area contributed by atoms with Gasteiger partial charge in [-0.3, -0.25) is 19.2 Å². The van der Waals surface area contributed by atoms with Crippen LogP contribution in [0, 0.1) is 34.5 Å². The molecule has 8 nitrogen and oxygen atoms in total. The number of hydrogen-bond acceptors (Lipinski definition) is 6. The molecule has 0 spiro atoms. The molecule has 0 aromatic carbocycles. The Kier molecular flexibility index (Phi) is 7.13. The molecule has 2 fully saturated rings. The van der Waals surface area contributed by atoms with E-state index in [2.05, 4.69) is 0 Å². The van der Waals surface area contributed by atoms with Crippen molar-refractivity contribution in [2.45, 2.75) is 66.6 Å². The number of Topliss-reactive ketones (excluding diaryl/α,β-unsaturated/α-hetero) is 2. The van der Waals surface area contributed by atoms with Crippen LogP contribution in [0.1, 0.15) is 54.4 Å². The summed E-state index contributed by atoms with van der Waals surface area (Å²) in [5.74, 6) is -3.84. The molecule has 170 valence electrons. The highest BCUT2D eigenvalue weighted by Crippen LogP contribution is 2.41. The molecule has 6 atom stereocenters. The number of aliphatic carboxylic acids is 2. The van der Waals surface area contributed by atoms with Gasteiger partial charge in [0, 0.05) is 23.7 Å². The molecule has 0 aromatic rings. The lowest BCUT2D eigenvalue weighted by Gasteiger charge is -2.25. The number of carboxylic acids is 2. The predicted octanol–water partition coefficient (Wildman–Crippen LogP) is 2.43. The van der Waals surface area contributed by atoms with Crippen LogP contribution in [0.2, 0.25) is 0 Å². The average molecular weight is 427 g/mol. The van der Waals surface area contributed by atoms with E-state index in [1.54, 1.807) is 13.8 Å². The molecule has 30 heavy (non-hydrogen) atoms. The molecule has 0 radical (unpaired) electrons. The van der Waals surface area contributed by atoms with Crippen LogP contribution < -0.4 is 0 Å². The Bertz CT molecular complexity index is 650. The summed E-state index contributed by atoms with van der Waals surface area (Å²) in [6.07, 6.45) is 0.550. The maximum absolute atomic E-state index is 12.6. The standard InChI is InChI=1S/C22H34O8/c1-11(17(23)21(3,4)19(25)26)7-13-9-29-16-14(10-30-15(13)16)8-12(2)18(24)22(5,6)20(27)28/h11-16H,7-10H2,1-6H3,(H,25,26)(H,27,28)/t11?,12?,13-,14+,15-,16-/m1/s1. The molecule has 0 aromatic heterocycles. The van der Waals surface area contributed by atoms with Gasteiger partial charge < -0.3 is 19.7 Å². The van der Waals surface area contributed by atoms with E-state index >= 15 is 0 Å². The Balaban J connectivity index is 1.97. The zero-order valence-electron chi connectivity index (χ0n) is 18.6. The van der Waals surface area contributed by atoms with Crippen LogP contribution in [0.25, 0.3) is 0 Å². The average Bonchev–Trinajstić information content (AvgIpc) is 3.23. The molecule has 2 heterocycles. The van der Waals surface area contributed by atoms with E-state index in [4.69, 9.17) is 9.47 Å². The summed E-state index contributed by atoms with van der Waals surface area (Å²) >= 11 is 0. The van der Waals surface area contributed by atoms with Crippen molar-refractivity contribution in [3.05, 3.63) is 0 Å². The number of fused-ring (bicyclic) bond motifs is 1. The van der Waals surface area contributed by atoms with E-state index in [0.717, 1.165) is 0 Å². The first-order valence-corrected chi connectivity index (χ1v) is 10.5. The maximum Gasteiger partial charge on any atom is 0.316 e. The summed E-state index contributed by atoms with van der Waals surface area (Å²) in [4.78, 5) is 47.9. The third-order valence-electron chi connectivity index (χ3n) is 6.77. The summed E-state index contributed by atoms with van der Waals surface area (Å²) < 4.78 is 11.9. The topological polar surface area (TPSA) is 127 Å². The van der Waals surface area contributed by atoms with E-state index in [0.29, 0.717) is 26.1 Å². The minimum absolute atomic E-state index is 0.0231. The Morgan fingerprint density at radius 1 is 0.767 bits per heavy atom. The SMILES string of the molecule is CC(C[C@H]1CO[C@@H]2[C@H](CC(C)C(=O)C(C)(C)C(=O)O)CO[C@H]12)C(=O)C(C)(C)C(=O)O. The second kappa shape index (κ2) is 8.75. The van der Waals surface area contributed by atoms with Crippen molar-refractivity contribution in [2.24, 2.45) is 34.5 Å². The van der Waals surface area contributed by atoms with E-state index < -0.39 is 34.6 Å². The van der Waals surface area contributed by atoms with E-state index in [-0.39, 0.29) is 35.6 Å². The highest BCUT2D eigenvalue weighted by molar-refractivity contribution is 6.03. The van der Waals surface area contributed by atoms with Crippen LogP contribution in [0.5, 0.6) is 0 Å². The molecule has 8 heteroatoms. The predicted molar refractivity (Wildman–Crippen MR) is 107 cm³/mol. The molecule has 0 aliphatic carbocycles. The number of rotatable bonds is 10. The molecule has 0 bridgehead atoms. The molecular formula is C22H34O8. The van der Waals surface area contributed by atoms with Crippen LogP contribution in [-0.4, -0.2) is 59.1 Å². The molecule has 2 aliphatic rings. The van der Waals surface area contributed by atoms with Gasteiger partial charge in [-0.1, -0.05) is 13.8 Å². The van der Waals surface area contributed by atoms with Gasteiger partial charge in [-0.25, -0.2) is 0 Å². The van der Waals surface area contributed by atoms with Crippen LogP contribution in [0.4, 0.5) is 0 Å². The minimum atomic E-state index is -1.44. The third-order valence-corrected chi connectivity index (χ3v) is 6.77. The van der Waals surface area contributed by atoms with Crippen molar-refractivity contribution < 1.29 is 38.9 Å². The first-order valence-electron chi connectivity index (χ1n) is 10.5. The van der Waals surface area contributed by atoms with Crippen LogP contribution in [0.3, 0.4) is 0 Å². The van der Waals surface area contributed by atoms with Crippen molar-refractivity contribution >= 4 is 23.5 Å². The molecule has 2 rings (SSSR count). The lowest BCUT2D eigenvalue weighted by Crippen LogP contribution is -2.39. The first kappa shape index (κ1) is 24.5. The molecular weight excluding hydrogens is 392 g/mol. The van der Waals surface area contributed by atoms with E-state index in [1.807, 2.05) is 0 Å². The Morgan fingerprint density at radius 3 is 1.33 bits per heavy atom. The highest BCUT2D eigenvalue weighted by atomic mass is 16.6. The van der Waals surface area contributed by atoms with Gasteiger partial charge in [0.15, 0.2) is 11.6 Å². The van der Waals surface area contributed by atoms with Crippen molar-refractivity contribution in [2.75, 3.05) is 13.2 Å². The van der Waals surface area contributed by atoms with Gasteiger partial charge in [0.05, 0.1) is 25.4 Å². The van der Waals surface area contributed by atoms with Crippen molar-refractivity contribution in [3.63, 3.8) is 0 Å². The number of hydrogen-bond donors (Lipinski definition) is 2. The Labute approximate surface area is 177 Å². The minimum Gasteiger partial charge on any atom is -0.481 e. The van der Waals surface area contributed by atoms with Crippen LogP contribution in [-0.2, 0) is 28.7 Å². The number of ketones is 2. The monoisotopic (exact) mass is 426 g/mol. The second-order valence-corrected chi connectivity index (χ2v) is 9.98. The summed E-state index contributed by atoms with van der Waals surface area (Å²) in [6, 6.07) is 0. The fourth-order valence-corrected chi connectivity index (χ4v) is 4.63. The van der Waals surface area contributed by atoms with Gasteiger partial charge >= 0.3 is 11.9 Å². The lowest BCUT2D eigenvalue weighted by molar-refractivity contribution is -0.155. The van der Waals surface area contributed by atoms with Crippen molar-refractivity contribution in [1.29, 1.82) is 0 Å². The summed E-state index contributed by atoms with van der Waals surface area (Å²) in [5.41, 5.74) is -2.88. The van der Waals surface area contributed by atoms with Gasteiger partial charge in [0.2, 0.25) is 0 Å². The smallest absolute Gasteiger partial charge is 0.316 e. The molecule has 2 unspecified atom stereocenters. The number of carbonyl (C=O) groups excluding carboxylic acids is 2. The Morgan fingerprint density at radius 2 is 1.07 bits per heavy atom. The largest absolute Gasteiger partial charge is 0.481 e. The Hall–Kier alpha value is -1.80. The molecule has 2 N–H and O–H groups in total. The van der Waals surface area contributed by atoms with Gasteiger partial charge in [-0.05, 0) is 40.5 Å². The molecule has 2 saturated heterocycles.